The first-order valence-electron chi connectivity index (χ1n) is 7.36. The van der Waals surface area contributed by atoms with Gasteiger partial charge in [0.2, 0.25) is 0 Å². The van der Waals surface area contributed by atoms with E-state index in [1.165, 1.54) is 17.5 Å². The molecule has 5 nitrogen and oxygen atoms in total. The minimum absolute atomic E-state index is 0.0534. The summed E-state index contributed by atoms with van der Waals surface area (Å²) in [5.74, 6) is 0. The van der Waals surface area contributed by atoms with E-state index in [0.717, 1.165) is 29.9 Å². The summed E-state index contributed by atoms with van der Waals surface area (Å²) in [5, 5.41) is 4.30. The molecule has 21 heavy (non-hydrogen) atoms. The van der Waals surface area contributed by atoms with Gasteiger partial charge >= 0.3 is 0 Å². The Bertz CT molecular complexity index is 657. The lowest BCUT2D eigenvalue weighted by Gasteiger charge is -2.17. The van der Waals surface area contributed by atoms with E-state index in [-0.39, 0.29) is 5.56 Å². The maximum Gasteiger partial charge on any atom is 0.269 e. The lowest BCUT2D eigenvalue weighted by atomic mass is 10.1. The van der Waals surface area contributed by atoms with Crippen LogP contribution in [0, 0.1) is 0 Å². The summed E-state index contributed by atoms with van der Waals surface area (Å²) in [6.45, 7) is 3.06. The van der Waals surface area contributed by atoms with Crippen molar-refractivity contribution in [1.82, 2.24) is 9.78 Å². The molecule has 0 aliphatic carbocycles. The Hall–Kier alpha value is -2.14. The summed E-state index contributed by atoms with van der Waals surface area (Å²) in [5.41, 5.74) is 8.60. The van der Waals surface area contributed by atoms with Gasteiger partial charge in [0.15, 0.2) is 0 Å². The van der Waals surface area contributed by atoms with E-state index in [1.807, 2.05) is 24.3 Å². The zero-order valence-corrected chi connectivity index (χ0v) is 12.0. The highest BCUT2D eigenvalue weighted by Gasteiger charge is 2.13. The van der Waals surface area contributed by atoms with E-state index >= 15 is 0 Å². The lowest BCUT2D eigenvalue weighted by Crippen LogP contribution is -2.26. The maximum absolute atomic E-state index is 12.2. The molecule has 110 valence electrons. The smallest absolute Gasteiger partial charge is 0.269 e. The zero-order chi connectivity index (χ0) is 14.7. The highest BCUT2D eigenvalue weighted by atomic mass is 16.1. The van der Waals surface area contributed by atoms with Crippen LogP contribution in [0.3, 0.4) is 0 Å². The molecular formula is C16H20N4O. The molecule has 3 rings (SSSR count). The molecule has 2 aromatic rings. The number of hydrogen-bond donors (Lipinski definition) is 1. The van der Waals surface area contributed by atoms with Crippen LogP contribution in [-0.4, -0.2) is 22.9 Å². The van der Waals surface area contributed by atoms with E-state index in [0.29, 0.717) is 13.1 Å². The van der Waals surface area contributed by atoms with Crippen molar-refractivity contribution in [2.45, 2.75) is 25.9 Å². The fraction of sp³-hybridized carbons (Fsp3) is 0.375. The van der Waals surface area contributed by atoms with Crippen molar-refractivity contribution in [2.24, 2.45) is 5.73 Å². The van der Waals surface area contributed by atoms with Crippen LogP contribution in [0.4, 0.5) is 5.69 Å². The Morgan fingerprint density at radius 1 is 1.10 bits per heavy atom. The van der Waals surface area contributed by atoms with Gasteiger partial charge in [-0.15, -0.1) is 0 Å². The van der Waals surface area contributed by atoms with Gasteiger partial charge in [0.1, 0.15) is 0 Å². The second-order valence-corrected chi connectivity index (χ2v) is 5.42. The number of benzene rings is 1. The van der Waals surface area contributed by atoms with Gasteiger partial charge in [-0.2, -0.15) is 5.10 Å². The lowest BCUT2D eigenvalue weighted by molar-refractivity contribution is 0.637. The number of aromatic nitrogens is 2. The molecule has 2 N–H and O–H groups in total. The van der Waals surface area contributed by atoms with E-state index in [4.69, 9.17) is 5.73 Å². The molecule has 0 amide bonds. The Balaban J connectivity index is 1.77. The van der Waals surface area contributed by atoms with Crippen molar-refractivity contribution in [2.75, 3.05) is 18.0 Å². The predicted molar refractivity (Wildman–Crippen MR) is 83.4 cm³/mol. The first-order chi connectivity index (χ1) is 10.3. The topological polar surface area (TPSA) is 64.2 Å². The quantitative estimate of drug-likeness (QED) is 0.920. The fourth-order valence-corrected chi connectivity index (χ4v) is 2.64. The van der Waals surface area contributed by atoms with Gasteiger partial charge in [0.25, 0.3) is 5.56 Å². The standard InChI is InChI=1S/C16H20N4O/c17-10-13-3-5-14(6-4-13)12-20-16(21)9-15(11-18-20)19-7-1-2-8-19/h3-6,9,11H,1-2,7-8,10,12,17H2. The molecule has 0 bridgehead atoms. The molecule has 0 unspecified atom stereocenters. The van der Waals surface area contributed by atoms with Crippen LogP contribution in [-0.2, 0) is 13.1 Å². The third kappa shape index (κ3) is 3.13. The minimum Gasteiger partial charge on any atom is -0.370 e. The molecule has 0 radical (unpaired) electrons. The first kappa shape index (κ1) is 13.8. The first-order valence-corrected chi connectivity index (χ1v) is 7.36. The molecule has 0 spiro atoms. The second kappa shape index (κ2) is 6.10. The molecule has 0 atom stereocenters. The van der Waals surface area contributed by atoms with Crippen LogP contribution < -0.4 is 16.2 Å². The third-order valence-corrected chi connectivity index (χ3v) is 3.92. The Morgan fingerprint density at radius 2 is 1.76 bits per heavy atom. The van der Waals surface area contributed by atoms with Crippen LogP contribution in [0.1, 0.15) is 24.0 Å². The number of rotatable bonds is 4. The number of hydrogen-bond acceptors (Lipinski definition) is 4. The van der Waals surface area contributed by atoms with Gasteiger partial charge in [0, 0.05) is 25.7 Å². The monoisotopic (exact) mass is 284 g/mol. The normalized spacial score (nSPS) is 14.6. The van der Waals surface area contributed by atoms with Crippen molar-refractivity contribution in [3.05, 3.63) is 58.0 Å². The van der Waals surface area contributed by atoms with Crippen molar-refractivity contribution in [3.8, 4) is 0 Å². The van der Waals surface area contributed by atoms with Gasteiger partial charge in [0.05, 0.1) is 18.4 Å². The largest absolute Gasteiger partial charge is 0.370 e. The molecule has 1 aromatic carbocycles. The second-order valence-electron chi connectivity index (χ2n) is 5.42. The number of nitrogens with zero attached hydrogens (tertiary/aromatic N) is 3. The maximum atomic E-state index is 12.2. The predicted octanol–water partition coefficient (Wildman–Crippen LogP) is 1.35. The van der Waals surface area contributed by atoms with Crippen molar-refractivity contribution in [3.63, 3.8) is 0 Å². The van der Waals surface area contributed by atoms with Crippen molar-refractivity contribution < 1.29 is 0 Å². The summed E-state index contributed by atoms with van der Waals surface area (Å²) in [4.78, 5) is 14.4. The molecule has 1 aromatic heterocycles. The van der Waals surface area contributed by atoms with E-state index in [1.54, 1.807) is 12.3 Å². The molecule has 0 saturated carbocycles. The van der Waals surface area contributed by atoms with Gasteiger partial charge in [-0.3, -0.25) is 4.79 Å². The summed E-state index contributed by atoms with van der Waals surface area (Å²) in [6.07, 6.45) is 4.17. The van der Waals surface area contributed by atoms with Crippen molar-refractivity contribution in [1.29, 1.82) is 0 Å². The van der Waals surface area contributed by atoms with Gasteiger partial charge in [-0.05, 0) is 24.0 Å². The fourth-order valence-electron chi connectivity index (χ4n) is 2.64. The van der Waals surface area contributed by atoms with Crippen LogP contribution in [0.25, 0.3) is 0 Å². The van der Waals surface area contributed by atoms with Gasteiger partial charge < -0.3 is 10.6 Å². The molecule has 1 aliphatic heterocycles. The molecule has 1 aliphatic rings. The van der Waals surface area contributed by atoms with Gasteiger partial charge in [-0.25, -0.2) is 4.68 Å². The number of anilines is 1. The average molecular weight is 284 g/mol. The summed E-state index contributed by atoms with van der Waals surface area (Å²) < 4.78 is 1.50. The molecule has 5 heteroatoms. The summed E-state index contributed by atoms with van der Waals surface area (Å²) in [6, 6.07) is 9.64. The van der Waals surface area contributed by atoms with Crippen LogP contribution >= 0.6 is 0 Å². The molecule has 2 heterocycles. The minimum atomic E-state index is -0.0534. The van der Waals surface area contributed by atoms with Gasteiger partial charge in [-0.1, -0.05) is 24.3 Å². The summed E-state index contributed by atoms with van der Waals surface area (Å²) >= 11 is 0. The average Bonchev–Trinajstić information content (AvgIpc) is 3.04. The SMILES string of the molecule is NCc1ccc(Cn2ncc(N3CCCC3)cc2=O)cc1. The Labute approximate surface area is 124 Å². The third-order valence-electron chi connectivity index (χ3n) is 3.92. The van der Waals surface area contributed by atoms with Crippen molar-refractivity contribution >= 4 is 5.69 Å². The molecule has 1 fully saturated rings. The Morgan fingerprint density at radius 3 is 2.38 bits per heavy atom. The van der Waals surface area contributed by atoms with E-state index in [2.05, 4.69) is 10.00 Å². The van der Waals surface area contributed by atoms with Crippen LogP contribution in [0.15, 0.2) is 41.3 Å². The van der Waals surface area contributed by atoms with E-state index < -0.39 is 0 Å². The van der Waals surface area contributed by atoms with Crippen LogP contribution in [0.5, 0.6) is 0 Å². The Kier molecular flexibility index (Phi) is 4.01. The highest BCUT2D eigenvalue weighted by molar-refractivity contribution is 5.43. The summed E-state index contributed by atoms with van der Waals surface area (Å²) in [7, 11) is 0. The molecular weight excluding hydrogens is 264 g/mol. The number of nitrogens with two attached hydrogens (primary N) is 1. The zero-order valence-electron chi connectivity index (χ0n) is 12.0. The highest BCUT2D eigenvalue weighted by Crippen LogP contribution is 2.16. The molecule has 1 saturated heterocycles. The van der Waals surface area contributed by atoms with E-state index in [9.17, 15) is 4.79 Å². The van der Waals surface area contributed by atoms with Crippen LogP contribution in [0.2, 0.25) is 0 Å².